The van der Waals surface area contributed by atoms with Crippen LogP contribution in [-0.4, -0.2) is 22.0 Å². The molecule has 1 heterocycles. The molecule has 1 aromatic heterocycles. The molecule has 2 N–H and O–H groups in total. The van der Waals surface area contributed by atoms with Crippen LogP contribution in [0.3, 0.4) is 0 Å². The highest BCUT2D eigenvalue weighted by Gasteiger charge is 2.11. The van der Waals surface area contributed by atoms with Crippen molar-refractivity contribution in [2.45, 2.75) is 23.5 Å². The Balaban J connectivity index is 3.04. The Labute approximate surface area is 97.7 Å². The molecule has 0 saturated carbocycles. The Hall–Kier alpha value is -0.930. The van der Waals surface area contributed by atoms with Crippen LogP contribution in [0, 0.1) is 11.3 Å². The van der Waals surface area contributed by atoms with Crippen molar-refractivity contribution in [3.63, 3.8) is 0 Å². The molecule has 0 radical (unpaired) electrons. The van der Waals surface area contributed by atoms with Gasteiger partial charge in [0.25, 0.3) is 0 Å². The van der Waals surface area contributed by atoms with Crippen LogP contribution in [0.1, 0.15) is 18.9 Å². The summed E-state index contributed by atoms with van der Waals surface area (Å²) < 4.78 is 0. The number of rotatable bonds is 4. The number of nitriles is 1. The van der Waals surface area contributed by atoms with Gasteiger partial charge in [0.1, 0.15) is 22.5 Å². The zero-order chi connectivity index (χ0) is 11.3. The molecule has 0 spiro atoms. The van der Waals surface area contributed by atoms with Gasteiger partial charge in [0.15, 0.2) is 5.16 Å². The molecule has 6 heteroatoms. The molecule has 0 saturated heterocycles. The summed E-state index contributed by atoms with van der Waals surface area (Å²) in [4.78, 5) is 8.36. The van der Waals surface area contributed by atoms with E-state index in [1.165, 1.54) is 11.8 Å². The van der Waals surface area contributed by atoms with Crippen molar-refractivity contribution in [1.29, 1.82) is 5.26 Å². The van der Waals surface area contributed by atoms with E-state index in [9.17, 15) is 0 Å². The Morgan fingerprint density at radius 1 is 1.47 bits per heavy atom. The van der Waals surface area contributed by atoms with Gasteiger partial charge >= 0.3 is 0 Å². The first kappa shape index (κ1) is 12.1. The van der Waals surface area contributed by atoms with E-state index in [0.29, 0.717) is 15.7 Å². The molecule has 4 nitrogen and oxygen atoms in total. The van der Waals surface area contributed by atoms with Crippen molar-refractivity contribution < 1.29 is 0 Å². The van der Waals surface area contributed by atoms with Gasteiger partial charge in [0.05, 0.1) is 0 Å². The second kappa shape index (κ2) is 5.83. The zero-order valence-electron chi connectivity index (χ0n) is 8.65. The third-order valence-electron chi connectivity index (χ3n) is 1.62. The summed E-state index contributed by atoms with van der Waals surface area (Å²) in [6.07, 6.45) is 2.93. The molecule has 0 bridgehead atoms. The van der Waals surface area contributed by atoms with Gasteiger partial charge in [-0.2, -0.15) is 5.26 Å². The minimum absolute atomic E-state index is 0.274. The van der Waals surface area contributed by atoms with Crippen molar-refractivity contribution in [1.82, 2.24) is 9.97 Å². The average Bonchev–Trinajstić information content (AvgIpc) is 2.25. The molecule has 0 amide bonds. The molecule has 1 aromatic rings. The number of aromatic nitrogens is 2. The van der Waals surface area contributed by atoms with E-state index in [4.69, 9.17) is 11.0 Å². The molecular formula is C9H12N4S2. The van der Waals surface area contributed by atoms with Gasteiger partial charge in [-0.05, 0) is 12.7 Å². The molecule has 1 rings (SSSR count). The second-order valence-corrected chi connectivity index (χ2v) is 4.59. The van der Waals surface area contributed by atoms with Crippen LogP contribution in [0.2, 0.25) is 0 Å². The lowest BCUT2D eigenvalue weighted by atomic mass is 10.3. The normalized spacial score (nSPS) is 9.93. The second-order valence-electron chi connectivity index (χ2n) is 2.74. The van der Waals surface area contributed by atoms with Crippen molar-refractivity contribution >= 4 is 29.3 Å². The summed E-state index contributed by atoms with van der Waals surface area (Å²) in [6, 6.07) is 2.02. The van der Waals surface area contributed by atoms with Gasteiger partial charge in [-0.25, -0.2) is 9.97 Å². The average molecular weight is 240 g/mol. The molecule has 0 aliphatic rings. The SMILES string of the molecule is CCCSc1nc(N)c(C#N)c(SC)n1. The van der Waals surface area contributed by atoms with Crippen LogP contribution in [0.25, 0.3) is 0 Å². The van der Waals surface area contributed by atoms with E-state index >= 15 is 0 Å². The lowest BCUT2D eigenvalue weighted by molar-refractivity contribution is 0.889. The predicted molar refractivity (Wildman–Crippen MR) is 64.0 cm³/mol. The minimum atomic E-state index is 0.274. The van der Waals surface area contributed by atoms with Gasteiger partial charge < -0.3 is 5.73 Å². The Bertz CT molecular complexity index is 386. The van der Waals surface area contributed by atoms with E-state index in [1.807, 2.05) is 12.3 Å². The summed E-state index contributed by atoms with van der Waals surface area (Å²) in [6.45, 7) is 2.09. The van der Waals surface area contributed by atoms with Gasteiger partial charge in [-0.15, -0.1) is 11.8 Å². The summed E-state index contributed by atoms with van der Waals surface area (Å²) in [5.74, 6) is 1.23. The standard InChI is InChI=1S/C9H12N4S2/c1-3-4-15-9-12-7(11)6(5-10)8(13-9)14-2/h3-4H2,1-2H3,(H2,11,12,13). The smallest absolute Gasteiger partial charge is 0.190 e. The highest BCUT2D eigenvalue weighted by molar-refractivity contribution is 7.99. The molecule has 15 heavy (non-hydrogen) atoms. The Morgan fingerprint density at radius 3 is 2.73 bits per heavy atom. The molecule has 0 atom stereocenters. The van der Waals surface area contributed by atoms with Gasteiger partial charge in [-0.1, -0.05) is 18.7 Å². The molecule has 0 fully saturated rings. The number of thioether (sulfide) groups is 2. The van der Waals surface area contributed by atoms with Gasteiger partial charge in [0, 0.05) is 5.75 Å². The van der Waals surface area contributed by atoms with Gasteiger partial charge in [0.2, 0.25) is 0 Å². The third-order valence-corrected chi connectivity index (χ3v) is 3.36. The predicted octanol–water partition coefficient (Wildman–Crippen LogP) is 2.15. The number of nitrogens with zero attached hydrogens (tertiary/aromatic N) is 3. The van der Waals surface area contributed by atoms with Crippen LogP contribution < -0.4 is 5.73 Å². The summed E-state index contributed by atoms with van der Waals surface area (Å²) >= 11 is 2.97. The first-order chi connectivity index (χ1) is 7.22. The maximum atomic E-state index is 8.87. The first-order valence-electron chi connectivity index (χ1n) is 4.47. The topological polar surface area (TPSA) is 75.6 Å². The summed E-state index contributed by atoms with van der Waals surface area (Å²) in [7, 11) is 0. The number of nitrogen functional groups attached to an aromatic ring is 1. The fourth-order valence-corrected chi connectivity index (χ4v) is 2.24. The highest BCUT2D eigenvalue weighted by Crippen LogP contribution is 2.25. The van der Waals surface area contributed by atoms with Crippen LogP contribution >= 0.6 is 23.5 Å². The number of anilines is 1. The molecule has 0 aromatic carbocycles. The number of nitrogens with two attached hydrogens (primary N) is 1. The largest absolute Gasteiger partial charge is 0.382 e. The van der Waals surface area contributed by atoms with E-state index in [-0.39, 0.29) is 5.82 Å². The van der Waals surface area contributed by atoms with Gasteiger partial charge in [-0.3, -0.25) is 0 Å². The molecule has 80 valence electrons. The van der Waals surface area contributed by atoms with Crippen molar-refractivity contribution in [2.24, 2.45) is 0 Å². The fourth-order valence-electron chi connectivity index (χ4n) is 0.947. The van der Waals surface area contributed by atoms with Crippen LogP contribution in [0.5, 0.6) is 0 Å². The maximum absolute atomic E-state index is 8.87. The van der Waals surface area contributed by atoms with Crippen molar-refractivity contribution in [2.75, 3.05) is 17.7 Å². The Kier molecular flexibility index (Phi) is 4.72. The summed E-state index contributed by atoms with van der Waals surface area (Å²) in [5, 5.41) is 10.2. The monoisotopic (exact) mass is 240 g/mol. The number of hydrogen-bond acceptors (Lipinski definition) is 6. The van der Waals surface area contributed by atoms with E-state index in [0.717, 1.165) is 12.2 Å². The third kappa shape index (κ3) is 3.01. The number of hydrogen-bond donors (Lipinski definition) is 1. The lowest BCUT2D eigenvalue weighted by Gasteiger charge is -2.05. The first-order valence-corrected chi connectivity index (χ1v) is 6.68. The fraction of sp³-hybridized carbons (Fsp3) is 0.444. The lowest BCUT2D eigenvalue weighted by Crippen LogP contribution is -2.01. The minimum Gasteiger partial charge on any atom is -0.382 e. The molecule has 0 aliphatic carbocycles. The van der Waals surface area contributed by atoms with Crippen molar-refractivity contribution in [3.8, 4) is 6.07 Å². The van der Waals surface area contributed by atoms with Crippen molar-refractivity contribution in [3.05, 3.63) is 5.56 Å². The van der Waals surface area contributed by atoms with Crippen LogP contribution in [0.15, 0.2) is 10.2 Å². The quantitative estimate of drug-likeness (QED) is 0.494. The van der Waals surface area contributed by atoms with Crippen LogP contribution in [-0.2, 0) is 0 Å². The molecule has 0 aliphatic heterocycles. The van der Waals surface area contributed by atoms with E-state index in [1.54, 1.807) is 11.8 Å². The zero-order valence-corrected chi connectivity index (χ0v) is 10.3. The molecular weight excluding hydrogens is 228 g/mol. The highest BCUT2D eigenvalue weighted by atomic mass is 32.2. The van der Waals surface area contributed by atoms with E-state index < -0.39 is 0 Å². The maximum Gasteiger partial charge on any atom is 0.190 e. The van der Waals surface area contributed by atoms with Crippen LogP contribution in [0.4, 0.5) is 5.82 Å². The molecule has 0 unspecified atom stereocenters. The summed E-state index contributed by atoms with van der Waals surface area (Å²) in [5.41, 5.74) is 6.06. The van der Waals surface area contributed by atoms with E-state index in [2.05, 4.69) is 16.9 Å². The Morgan fingerprint density at radius 2 is 2.20 bits per heavy atom.